The van der Waals surface area contributed by atoms with Crippen molar-refractivity contribution < 1.29 is 9.53 Å². The molecule has 0 unspecified atom stereocenters. The minimum atomic E-state index is -0.319. The maximum absolute atomic E-state index is 11.7. The van der Waals surface area contributed by atoms with Gasteiger partial charge in [0.1, 0.15) is 5.02 Å². The highest BCUT2D eigenvalue weighted by Crippen LogP contribution is 2.24. The summed E-state index contributed by atoms with van der Waals surface area (Å²) in [7, 11) is 0. The third-order valence-corrected chi connectivity index (χ3v) is 3.63. The molecule has 0 fully saturated rings. The van der Waals surface area contributed by atoms with E-state index in [0.29, 0.717) is 10.2 Å². The monoisotopic (exact) mass is 334 g/mol. The number of anilines is 1. The van der Waals surface area contributed by atoms with Gasteiger partial charge in [-0.25, -0.2) is 9.67 Å². The van der Waals surface area contributed by atoms with Crippen LogP contribution in [0.3, 0.4) is 0 Å². The van der Waals surface area contributed by atoms with Gasteiger partial charge in [-0.3, -0.25) is 10.1 Å². The molecule has 3 rings (SSSR count). The minimum Gasteiger partial charge on any atom is -0.465 e. The summed E-state index contributed by atoms with van der Waals surface area (Å²) in [5.74, 6) is -0.111. The largest absolute Gasteiger partial charge is 0.465 e. The smallest absolute Gasteiger partial charge is 0.264 e. The molecule has 0 bridgehead atoms. The fourth-order valence-electron chi connectivity index (χ4n) is 1.72. The Morgan fingerprint density at radius 1 is 1.36 bits per heavy atom. The van der Waals surface area contributed by atoms with Gasteiger partial charge in [0.05, 0.1) is 11.9 Å². The van der Waals surface area contributed by atoms with E-state index in [-0.39, 0.29) is 18.4 Å². The Morgan fingerprint density at radius 2 is 2.18 bits per heavy atom. The van der Waals surface area contributed by atoms with Gasteiger partial charge in [0.15, 0.2) is 11.7 Å². The van der Waals surface area contributed by atoms with Gasteiger partial charge in [-0.1, -0.05) is 29.8 Å². The molecule has 1 aromatic carbocycles. The first-order valence-corrected chi connectivity index (χ1v) is 7.61. The molecule has 6 nitrogen and oxygen atoms in total. The fourth-order valence-corrected chi connectivity index (χ4v) is 2.45. The normalized spacial score (nSPS) is 10.4. The van der Waals surface area contributed by atoms with E-state index in [1.54, 1.807) is 22.5 Å². The molecule has 2 heterocycles. The molecule has 1 amide bonds. The number of aromatic nitrogens is 3. The van der Waals surface area contributed by atoms with Gasteiger partial charge in [-0.15, -0.1) is 16.4 Å². The second-order valence-electron chi connectivity index (χ2n) is 4.24. The zero-order chi connectivity index (χ0) is 15.4. The van der Waals surface area contributed by atoms with Crippen molar-refractivity contribution in [1.29, 1.82) is 0 Å². The van der Waals surface area contributed by atoms with Crippen LogP contribution in [0.25, 0.3) is 5.69 Å². The molecule has 0 aliphatic carbocycles. The second kappa shape index (κ2) is 6.59. The Balaban J connectivity index is 1.63. The predicted molar refractivity (Wildman–Crippen MR) is 84.8 cm³/mol. The summed E-state index contributed by atoms with van der Waals surface area (Å²) in [5, 5.41) is 9.47. The molecule has 0 saturated carbocycles. The molecule has 22 heavy (non-hydrogen) atoms. The van der Waals surface area contributed by atoms with Crippen LogP contribution >= 0.6 is 22.9 Å². The summed E-state index contributed by atoms with van der Waals surface area (Å²) < 4.78 is 6.94. The Kier molecular flexibility index (Phi) is 4.36. The molecule has 0 radical (unpaired) electrons. The maximum atomic E-state index is 11.7. The van der Waals surface area contributed by atoms with Crippen molar-refractivity contribution in [1.82, 2.24) is 14.8 Å². The SMILES string of the molecule is O=C(COc1nn(-c2ccccc2)cc1Cl)Nc1nccs1. The van der Waals surface area contributed by atoms with Crippen LogP contribution in [0.4, 0.5) is 5.13 Å². The van der Waals surface area contributed by atoms with E-state index in [4.69, 9.17) is 16.3 Å². The Morgan fingerprint density at radius 3 is 2.91 bits per heavy atom. The highest BCUT2D eigenvalue weighted by molar-refractivity contribution is 7.13. The first kappa shape index (κ1) is 14.6. The summed E-state index contributed by atoms with van der Waals surface area (Å²) >= 11 is 7.40. The summed E-state index contributed by atoms with van der Waals surface area (Å²) in [4.78, 5) is 15.7. The summed E-state index contributed by atoms with van der Waals surface area (Å²) in [6, 6.07) is 9.49. The number of hydrogen-bond acceptors (Lipinski definition) is 5. The molecule has 0 aliphatic heterocycles. The van der Waals surface area contributed by atoms with E-state index in [0.717, 1.165) is 5.69 Å². The molecule has 0 saturated heterocycles. The first-order chi connectivity index (χ1) is 10.7. The van der Waals surface area contributed by atoms with Gasteiger partial charge in [-0.05, 0) is 12.1 Å². The first-order valence-electron chi connectivity index (χ1n) is 6.35. The number of amides is 1. The summed E-state index contributed by atoms with van der Waals surface area (Å²) in [6.07, 6.45) is 3.24. The van der Waals surface area contributed by atoms with Crippen LogP contribution in [-0.4, -0.2) is 27.3 Å². The van der Waals surface area contributed by atoms with Crippen molar-refractivity contribution in [2.45, 2.75) is 0 Å². The molecular formula is C14H11ClN4O2S. The van der Waals surface area contributed by atoms with Crippen molar-refractivity contribution in [2.75, 3.05) is 11.9 Å². The lowest BCUT2D eigenvalue weighted by Gasteiger charge is -2.03. The van der Waals surface area contributed by atoms with Crippen LogP contribution in [0, 0.1) is 0 Å². The van der Waals surface area contributed by atoms with E-state index in [9.17, 15) is 4.79 Å². The molecular weight excluding hydrogens is 324 g/mol. The average molecular weight is 335 g/mol. The molecule has 3 aromatic rings. The molecule has 1 N–H and O–H groups in total. The quantitative estimate of drug-likeness (QED) is 0.778. The van der Waals surface area contributed by atoms with Gasteiger partial charge >= 0.3 is 0 Å². The maximum Gasteiger partial charge on any atom is 0.264 e. The summed E-state index contributed by atoms with van der Waals surface area (Å²) in [5.41, 5.74) is 0.853. The van der Waals surface area contributed by atoms with E-state index < -0.39 is 0 Å². The lowest BCUT2D eigenvalue weighted by Crippen LogP contribution is -2.20. The number of nitrogens with one attached hydrogen (secondary N) is 1. The highest BCUT2D eigenvalue weighted by atomic mass is 35.5. The minimum absolute atomic E-state index is 0.189. The predicted octanol–water partition coefficient (Wildman–Crippen LogP) is 3.00. The molecule has 112 valence electrons. The van der Waals surface area contributed by atoms with Gasteiger partial charge in [0.2, 0.25) is 0 Å². The van der Waals surface area contributed by atoms with Crippen molar-refractivity contribution in [3.63, 3.8) is 0 Å². The van der Waals surface area contributed by atoms with E-state index in [1.165, 1.54) is 11.3 Å². The van der Waals surface area contributed by atoms with E-state index in [2.05, 4.69) is 15.4 Å². The number of thiazole rings is 1. The average Bonchev–Trinajstić information content (AvgIpc) is 3.16. The van der Waals surface area contributed by atoms with Crippen LogP contribution in [0.2, 0.25) is 5.02 Å². The number of nitrogens with zero attached hydrogens (tertiary/aromatic N) is 3. The summed E-state index contributed by atoms with van der Waals surface area (Å²) in [6.45, 7) is -0.189. The zero-order valence-electron chi connectivity index (χ0n) is 11.3. The fraction of sp³-hybridized carbons (Fsp3) is 0.0714. The number of carbonyl (C=O) groups is 1. The number of ether oxygens (including phenoxy) is 1. The van der Waals surface area contributed by atoms with Gasteiger partial charge in [-0.2, -0.15) is 0 Å². The standard InChI is InChI=1S/C14H11ClN4O2S/c15-11-8-19(10-4-2-1-3-5-10)18-13(11)21-9-12(20)17-14-16-6-7-22-14/h1-8H,9H2,(H,16,17,20). The number of para-hydroxylation sites is 1. The third-order valence-electron chi connectivity index (χ3n) is 2.68. The number of carbonyl (C=O) groups excluding carboxylic acids is 1. The van der Waals surface area contributed by atoms with Crippen molar-refractivity contribution in [3.05, 3.63) is 53.1 Å². The Labute approximate surface area is 135 Å². The third kappa shape index (κ3) is 3.44. The molecule has 0 spiro atoms. The van der Waals surface area contributed by atoms with Crippen molar-refractivity contribution in [3.8, 4) is 11.6 Å². The van der Waals surface area contributed by atoms with Crippen LogP contribution in [0.15, 0.2) is 48.1 Å². The van der Waals surface area contributed by atoms with E-state index in [1.807, 2.05) is 30.3 Å². The van der Waals surface area contributed by atoms with E-state index >= 15 is 0 Å². The number of halogens is 1. The highest BCUT2D eigenvalue weighted by Gasteiger charge is 2.12. The second-order valence-corrected chi connectivity index (χ2v) is 5.54. The molecule has 0 aliphatic rings. The molecule has 8 heteroatoms. The number of benzene rings is 1. The number of hydrogen-bond donors (Lipinski definition) is 1. The van der Waals surface area contributed by atoms with Crippen LogP contribution in [-0.2, 0) is 4.79 Å². The molecule has 2 aromatic heterocycles. The Bertz CT molecular complexity index is 759. The lowest BCUT2D eigenvalue weighted by atomic mass is 10.3. The molecule has 0 atom stereocenters. The van der Waals surface area contributed by atoms with Crippen molar-refractivity contribution in [2.24, 2.45) is 0 Å². The van der Waals surface area contributed by atoms with Gasteiger partial charge in [0.25, 0.3) is 11.8 Å². The van der Waals surface area contributed by atoms with Crippen LogP contribution in [0.5, 0.6) is 5.88 Å². The topological polar surface area (TPSA) is 69.0 Å². The van der Waals surface area contributed by atoms with Gasteiger partial charge < -0.3 is 4.74 Å². The zero-order valence-corrected chi connectivity index (χ0v) is 12.8. The van der Waals surface area contributed by atoms with Crippen LogP contribution in [0.1, 0.15) is 0 Å². The van der Waals surface area contributed by atoms with Crippen LogP contribution < -0.4 is 10.1 Å². The van der Waals surface area contributed by atoms with Gasteiger partial charge in [0, 0.05) is 11.6 Å². The van der Waals surface area contributed by atoms with Crippen molar-refractivity contribution >= 4 is 34.0 Å². The lowest BCUT2D eigenvalue weighted by molar-refractivity contribution is -0.118. The Hall–Kier alpha value is -2.38. The number of rotatable bonds is 5.